The minimum atomic E-state index is -0.948. The molecule has 30 heavy (non-hydrogen) atoms. The van der Waals surface area contributed by atoms with E-state index in [4.69, 9.17) is 0 Å². The van der Waals surface area contributed by atoms with Gasteiger partial charge in [-0.2, -0.15) is 0 Å². The first-order valence-corrected chi connectivity index (χ1v) is 11.8. The van der Waals surface area contributed by atoms with Crippen molar-refractivity contribution >= 4 is 27.5 Å². The van der Waals surface area contributed by atoms with Crippen LogP contribution >= 0.6 is 11.3 Å². The lowest BCUT2D eigenvalue weighted by Crippen LogP contribution is -2.52. The minimum Gasteiger partial charge on any atom is -0.388 e. The van der Waals surface area contributed by atoms with Crippen molar-refractivity contribution in [1.82, 2.24) is 19.4 Å². The third-order valence-electron chi connectivity index (χ3n) is 6.89. The molecule has 1 unspecified atom stereocenters. The highest BCUT2D eigenvalue weighted by Crippen LogP contribution is 2.27. The Morgan fingerprint density at radius 2 is 2.00 bits per heavy atom. The summed E-state index contributed by atoms with van der Waals surface area (Å²) in [6.45, 7) is 8.92. The largest absolute Gasteiger partial charge is 0.388 e. The van der Waals surface area contributed by atoms with Gasteiger partial charge in [0, 0.05) is 30.6 Å². The molecule has 2 aliphatic heterocycles. The van der Waals surface area contributed by atoms with E-state index < -0.39 is 5.60 Å². The second-order valence-electron chi connectivity index (χ2n) is 9.07. The summed E-state index contributed by atoms with van der Waals surface area (Å²) < 4.78 is 1.55. The quantitative estimate of drug-likeness (QED) is 0.802. The lowest BCUT2D eigenvalue weighted by molar-refractivity contribution is -0.137. The van der Waals surface area contributed by atoms with Crippen LogP contribution < -0.4 is 5.56 Å². The number of hydrogen-bond acceptors (Lipinski definition) is 6. The van der Waals surface area contributed by atoms with Crippen molar-refractivity contribution in [2.75, 3.05) is 26.2 Å². The standard InChI is InChI=1S/C22H32N4O3S/c1-15-6-4-5-9-26(15)18(27)12-24-10-7-22(29,8-11-24)13-25-14-23-20-19(21(25)28)16(2)17(3)30-20/h14-15,29H,4-13H2,1-3H3. The van der Waals surface area contributed by atoms with E-state index in [2.05, 4.69) is 16.8 Å². The Hall–Kier alpha value is -1.77. The fourth-order valence-corrected chi connectivity index (χ4v) is 5.72. The maximum absolute atomic E-state index is 13.0. The van der Waals surface area contributed by atoms with Gasteiger partial charge >= 0.3 is 0 Å². The summed E-state index contributed by atoms with van der Waals surface area (Å²) in [7, 11) is 0. The van der Waals surface area contributed by atoms with Gasteiger partial charge in [0.05, 0.1) is 30.4 Å². The van der Waals surface area contributed by atoms with E-state index in [1.54, 1.807) is 10.9 Å². The highest BCUT2D eigenvalue weighted by molar-refractivity contribution is 7.18. The van der Waals surface area contributed by atoms with E-state index in [9.17, 15) is 14.7 Å². The summed E-state index contributed by atoms with van der Waals surface area (Å²) in [5.41, 5.74) is -0.0445. The lowest BCUT2D eigenvalue weighted by atomic mass is 9.91. The van der Waals surface area contributed by atoms with Gasteiger partial charge in [0.15, 0.2) is 0 Å². The molecule has 1 N–H and O–H groups in total. The highest BCUT2D eigenvalue weighted by atomic mass is 32.1. The van der Waals surface area contributed by atoms with E-state index in [0.29, 0.717) is 43.9 Å². The van der Waals surface area contributed by atoms with Gasteiger partial charge in [-0.1, -0.05) is 0 Å². The highest BCUT2D eigenvalue weighted by Gasteiger charge is 2.35. The first-order chi connectivity index (χ1) is 14.3. The van der Waals surface area contributed by atoms with Crippen LogP contribution in [0.25, 0.3) is 10.2 Å². The van der Waals surface area contributed by atoms with E-state index >= 15 is 0 Å². The van der Waals surface area contributed by atoms with E-state index in [1.807, 2.05) is 18.7 Å². The molecule has 0 aliphatic carbocycles. The molecule has 164 valence electrons. The van der Waals surface area contributed by atoms with Gasteiger partial charge in [-0.05, 0) is 58.4 Å². The SMILES string of the molecule is Cc1sc2ncn(CC3(O)CCN(CC(=O)N4CCCCC4C)CC3)c(=O)c2c1C. The molecule has 1 atom stereocenters. The predicted molar refractivity (Wildman–Crippen MR) is 119 cm³/mol. The predicted octanol–water partition coefficient (Wildman–Crippen LogP) is 2.30. The van der Waals surface area contributed by atoms with E-state index in [0.717, 1.165) is 34.7 Å². The Kier molecular flexibility index (Phi) is 6.01. The van der Waals surface area contributed by atoms with Crippen LogP contribution in [0.15, 0.2) is 11.1 Å². The van der Waals surface area contributed by atoms with Crippen molar-refractivity contribution in [3.63, 3.8) is 0 Å². The number of carbonyl (C=O) groups excluding carboxylic acids is 1. The number of thiophene rings is 1. The average molecular weight is 433 g/mol. The maximum atomic E-state index is 13.0. The number of nitrogens with zero attached hydrogens (tertiary/aromatic N) is 4. The number of rotatable bonds is 4. The summed E-state index contributed by atoms with van der Waals surface area (Å²) in [5.74, 6) is 0.196. The number of piperidine rings is 2. The van der Waals surface area contributed by atoms with Gasteiger partial charge in [0.2, 0.25) is 5.91 Å². The number of aromatic nitrogens is 2. The molecule has 1 amide bonds. The molecular formula is C22H32N4O3S. The summed E-state index contributed by atoms with van der Waals surface area (Å²) >= 11 is 1.53. The van der Waals surface area contributed by atoms with E-state index in [1.165, 1.54) is 17.8 Å². The number of amides is 1. The molecule has 2 aromatic heterocycles. The average Bonchev–Trinajstić information content (AvgIpc) is 3.01. The molecule has 7 nitrogen and oxygen atoms in total. The molecule has 2 aliphatic rings. The third-order valence-corrected chi connectivity index (χ3v) is 8.00. The van der Waals surface area contributed by atoms with Gasteiger partial charge in [0.1, 0.15) is 4.83 Å². The number of hydrogen-bond donors (Lipinski definition) is 1. The van der Waals surface area contributed by atoms with Crippen LogP contribution in [0, 0.1) is 13.8 Å². The Morgan fingerprint density at radius 3 is 2.70 bits per heavy atom. The Bertz CT molecular complexity index is 990. The van der Waals surface area contributed by atoms with Crippen molar-refractivity contribution < 1.29 is 9.90 Å². The Balaban J connectivity index is 1.39. The molecule has 0 aromatic carbocycles. The monoisotopic (exact) mass is 432 g/mol. The number of likely N-dealkylation sites (tertiary alicyclic amines) is 2. The van der Waals surface area contributed by atoms with Crippen molar-refractivity contribution in [2.24, 2.45) is 0 Å². The molecule has 2 fully saturated rings. The third kappa shape index (κ3) is 4.18. The molecule has 0 bridgehead atoms. The number of aryl methyl sites for hydroxylation is 2. The summed E-state index contributed by atoms with van der Waals surface area (Å²) in [6, 6.07) is 0.325. The van der Waals surface area contributed by atoms with Crippen LogP contribution in [-0.2, 0) is 11.3 Å². The first-order valence-electron chi connectivity index (χ1n) is 11.0. The number of aliphatic hydroxyl groups is 1. The Labute approximate surface area is 181 Å². The summed E-state index contributed by atoms with van der Waals surface area (Å²) in [6.07, 6.45) is 6.02. The fraction of sp³-hybridized carbons (Fsp3) is 0.682. The van der Waals surface area contributed by atoms with Crippen molar-refractivity contribution in [3.8, 4) is 0 Å². The summed E-state index contributed by atoms with van der Waals surface area (Å²) in [5, 5.41) is 11.8. The molecule has 0 spiro atoms. The van der Waals surface area contributed by atoms with Crippen LogP contribution in [0.3, 0.4) is 0 Å². The fourth-order valence-electron chi connectivity index (χ4n) is 4.74. The van der Waals surface area contributed by atoms with Crippen LogP contribution in [-0.4, -0.2) is 68.2 Å². The zero-order valence-electron chi connectivity index (χ0n) is 18.2. The van der Waals surface area contributed by atoms with Crippen LogP contribution in [0.5, 0.6) is 0 Å². The van der Waals surface area contributed by atoms with Crippen LogP contribution in [0.2, 0.25) is 0 Å². The number of carbonyl (C=O) groups is 1. The zero-order chi connectivity index (χ0) is 21.5. The molecule has 4 heterocycles. The smallest absolute Gasteiger partial charge is 0.262 e. The lowest BCUT2D eigenvalue weighted by Gasteiger charge is -2.40. The van der Waals surface area contributed by atoms with Gasteiger partial charge in [0.25, 0.3) is 5.56 Å². The molecule has 0 radical (unpaired) electrons. The topological polar surface area (TPSA) is 78.7 Å². The van der Waals surface area contributed by atoms with Crippen LogP contribution in [0.4, 0.5) is 0 Å². The normalized spacial score (nSPS) is 22.5. The van der Waals surface area contributed by atoms with Gasteiger partial charge in [-0.25, -0.2) is 4.98 Å². The van der Waals surface area contributed by atoms with Gasteiger partial charge < -0.3 is 10.0 Å². The maximum Gasteiger partial charge on any atom is 0.262 e. The molecule has 2 aromatic rings. The van der Waals surface area contributed by atoms with Gasteiger partial charge in [-0.3, -0.25) is 19.1 Å². The molecular weight excluding hydrogens is 400 g/mol. The second-order valence-corrected chi connectivity index (χ2v) is 10.3. The first kappa shape index (κ1) is 21.5. The summed E-state index contributed by atoms with van der Waals surface area (Å²) in [4.78, 5) is 36.1. The van der Waals surface area contributed by atoms with Crippen LogP contribution in [0.1, 0.15) is 49.5 Å². The van der Waals surface area contributed by atoms with E-state index in [-0.39, 0.29) is 18.0 Å². The zero-order valence-corrected chi connectivity index (χ0v) is 19.0. The van der Waals surface area contributed by atoms with Crippen molar-refractivity contribution in [1.29, 1.82) is 0 Å². The second kappa shape index (κ2) is 8.40. The van der Waals surface area contributed by atoms with Crippen molar-refractivity contribution in [2.45, 2.75) is 71.1 Å². The molecule has 0 saturated carbocycles. The molecule has 4 rings (SSSR count). The van der Waals surface area contributed by atoms with Crippen molar-refractivity contribution in [3.05, 3.63) is 27.1 Å². The van der Waals surface area contributed by atoms with Gasteiger partial charge in [-0.15, -0.1) is 11.3 Å². The molecule has 2 saturated heterocycles. The molecule has 8 heteroatoms. The Morgan fingerprint density at radius 1 is 1.27 bits per heavy atom. The number of fused-ring (bicyclic) bond motifs is 1. The minimum absolute atomic E-state index is 0.0769.